The average molecular weight is 401 g/mol. The molecule has 4 heterocycles. The monoisotopic (exact) mass is 401 g/mol. The molecule has 10 nitrogen and oxygen atoms in total. The van der Waals surface area contributed by atoms with Crippen LogP contribution >= 0.6 is 0 Å². The molecule has 2 aromatic heterocycles. The molecule has 2 aromatic rings. The molecule has 0 aliphatic carbocycles. The van der Waals surface area contributed by atoms with E-state index < -0.39 is 0 Å². The first-order chi connectivity index (χ1) is 14.2. The van der Waals surface area contributed by atoms with Gasteiger partial charge in [-0.25, -0.2) is 9.67 Å². The maximum Gasteiger partial charge on any atom is 0.245 e. The second-order valence-corrected chi connectivity index (χ2v) is 7.58. The molecule has 10 heteroatoms. The van der Waals surface area contributed by atoms with Crippen LogP contribution in [0.3, 0.4) is 0 Å². The van der Waals surface area contributed by atoms with Gasteiger partial charge in [-0.1, -0.05) is 6.58 Å². The summed E-state index contributed by atoms with van der Waals surface area (Å²) in [6.45, 7) is 7.27. The lowest BCUT2D eigenvalue weighted by atomic mass is 9.96. The highest BCUT2D eigenvalue weighted by Crippen LogP contribution is 2.23. The fourth-order valence-electron chi connectivity index (χ4n) is 3.99. The predicted molar refractivity (Wildman–Crippen MR) is 103 cm³/mol. The number of carbonyl (C=O) groups is 1. The smallest absolute Gasteiger partial charge is 0.245 e. The van der Waals surface area contributed by atoms with Gasteiger partial charge in [-0.05, 0) is 54.6 Å². The van der Waals surface area contributed by atoms with Crippen molar-refractivity contribution >= 4 is 5.91 Å². The zero-order chi connectivity index (χ0) is 20.1. The van der Waals surface area contributed by atoms with Gasteiger partial charge in [0.25, 0.3) is 0 Å². The van der Waals surface area contributed by atoms with Gasteiger partial charge < -0.3 is 19.4 Å². The Labute approximate surface area is 169 Å². The highest BCUT2D eigenvalue weighted by Gasteiger charge is 2.28. The zero-order valence-electron chi connectivity index (χ0n) is 16.4. The molecule has 0 bridgehead atoms. The Balaban J connectivity index is 1.41. The van der Waals surface area contributed by atoms with Crippen LogP contribution in [0.2, 0.25) is 0 Å². The van der Waals surface area contributed by atoms with Gasteiger partial charge in [0.2, 0.25) is 5.91 Å². The van der Waals surface area contributed by atoms with Crippen LogP contribution in [-0.2, 0) is 16.1 Å². The fraction of sp³-hybridized carbons (Fsp3) is 0.632. The number of amides is 1. The van der Waals surface area contributed by atoms with Gasteiger partial charge in [0.15, 0.2) is 12.2 Å². The van der Waals surface area contributed by atoms with Crippen LogP contribution < -0.4 is 5.32 Å². The van der Waals surface area contributed by atoms with Crippen molar-refractivity contribution in [1.82, 2.24) is 35.4 Å². The highest BCUT2D eigenvalue weighted by atomic mass is 16.5. The van der Waals surface area contributed by atoms with Gasteiger partial charge in [-0.3, -0.25) is 4.79 Å². The van der Waals surface area contributed by atoms with Crippen LogP contribution in [0.25, 0.3) is 0 Å². The summed E-state index contributed by atoms with van der Waals surface area (Å²) >= 11 is 0. The molecule has 1 N–H and O–H groups in total. The predicted octanol–water partition coefficient (Wildman–Crippen LogP) is 0.944. The number of aromatic nitrogens is 5. The molecule has 2 unspecified atom stereocenters. The first kappa shape index (κ1) is 19.7. The molecule has 2 saturated heterocycles. The fourth-order valence-corrected chi connectivity index (χ4v) is 3.99. The van der Waals surface area contributed by atoms with Gasteiger partial charge in [-0.15, -0.1) is 5.10 Å². The molecular weight excluding hydrogens is 374 g/mol. The molecule has 2 fully saturated rings. The number of ether oxygens (including phenoxy) is 1. The van der Waals surface area contributed by atoms with E-state index in [4.69, 9.17) is 9.15 Å². The third kappa shape index (κ3) is 4.70. The minimum absolute atomic E-state index is 0.00481. The molecule has 29 heavy (non-hydrogen) atoms. The largest absolute Gasteiger partial charge is 0.451 e. The number of tetrazole rings is 1. The number of rotatable bonds is 8. The standard InChI is InChI=1S/C19H27N7O3/c1-2-17(27)25-7-5-14(6-8-25)10-20-18(16-12-28-13-21-16)19-22-23-24-26(19)11-15-4-3-9-29-15/h2,12-15,18,20H,1,3-11H2. The third-order valence-electron chi connectivity index (χ3n) is 5.68. The van der Waals surface area contributed by atoms with Crippen LogP contribution in [-0.4, -0.2) is 68.3 Å². The number of hydrogen-bond donors (Lipinski definition) is 1. The second-order valence-electron chi connectivity index (χ2n) is 7.58. The van der Waals surface area contributed by atoms with E-state index >= 15 is 0 Å². The first-order valence-electron chi connectivity index (χ1n) is 10.1. The number of oxazole rings is 1. The van der Waals surface area contributed by atoms with Crippen molar-refractivity contribution in [2.24, 2.45) is 5.92 Å². The Hall–Kier alpha value is -2.59. The van der Waals surface area contributed by atoms with Crippen molar-refractivity contribution in [2.45, 2.75) is 44.4 Å². The van der Waals surface area contributed by atoms with Gasteiger partial charge >= 0.3 is 0 Å². The van der Waals surface area contributed by atoms with Crippen LogP contribution in [0, 0.1) is 5.92 Å². The average Bonchev–Trinajstić information content (AvgIpc) is 3.52. The van der Waals surface area contributed by atoms with E-state index in [0.29, 0.717) is 18.3 Å². The minimum atomic E-state index is -0.266. The quantitative estimate of drug-likeness (QED) is 0.651. The molecular formula is C19H27N7O3. The maximum atomic E-state index is 11.8. The van der Waals surface area contributed by atoms with E-state index in [2.05, 4.69) is 32.4 Å². The van der Waals surface area contributed by atoms with Gasteiger partial charge in [-0.2, -0.15) is 0 Å². The number of piperidine rings is 1. The van der Waals surface area contributed by atoms with E-state index in [1.54, 1.807) is 10.9 Å². The summed E-state index contributed by atoms with van der Waals surface area (Å²) in [6.07, 6.45) is 8.53. The summed E-state index contributed by atoms with van der Waals surface area (Å²) in [6, 6.07) is -0.266. The molecule has 1 amide bonds. The zero-order valence-corrected chi connectivity index (χ0v) is 16.4. The lowest BCUT2D eigenvalue weighted by Gasteiger charge is -2.32. The van der Waals surface area contributed by atoms with Crippen molar-refractivity contribution in [3.63, 3.8) is 0 Å². The maximum absolute atomic E-state index is 11.8. The van der Waals surface area contributed by atoms with Crippen LogP contribution in [0.15, 0.2) is 29.7 Å². The number of likely N-dealkylation sites (tertiary alicyclic amines) is 1. The summed E-state index contributed by atoms with van der Waals surface area (Å²) in [5.74, 6) is 1.17. The Morgan fingerprint density at radius 3 is 2.93 bits per heavy atom. The van der Waals surface area contributed by atoms with E-state index in [9.17, 15) is 4.79 Å². The van der Waals surface area contributed by atoms with Gasteiger partial charge in [0, 0.05) is 19.7 Å². The molecule has 2 aliphatic rings. The SMILES string of the molecule is C=CC(=O)N1CCC(CNC(c2cocn2)c2nnnn2CC2CCCO2)CC1. The normalized spacial score (nSPS) is 21.4. The molecule has 2 atom stereocenters. The van der Waals surface area contributed by atoms with Gasteiger partial charge in [0.1, 0.15) is 18.0 Å². The Kier molecular flexibility index (Phi) is 6.30. The molecule has 0 spiro atoms. The Morgan fingerprint density at radius 2 is 2.24 bits per heavy atom. The van der Waals surface area contributed by atoms with E-state index in [1.165, 1.54) is 12.5 Å². The van der Waals surface area contributed by atoms with Crippen molar-refractivity contribution in [3.8, 4) is 0 Å². The molecule has 0 saturated carbocycles. The van der Waals surface area contributed by atoms with Crippen LogP contribution in [0.5, 0.6) is 0 Å². The third-order valence-corrected chi connectivity index (χ3v) is 5.68. The van der Waals surface area contributed by atoms with Crippen molar-refractivity contribution in [1.29, 1.82) is 0 Å². The summed E-state index contributed by atoms with van der Waals surface area (Å²) in [5, 5.41) is 15.9. The van der Waals surface area contributed by atoms with Crippen LogP contribution in [0.4, 0.5) is 0 Å². The van der Waals surface area contributed by atoms with E-state index in [1.807, 2.05) is 4.90 Å². The summed E-state index contributed by atoms with van der Waals surface area (Å²) in [5.41, 5.74) is 0.743. The summed E-state index contributed by atoms with van der Waals surface area (Å²) in [4.78, 5) is 17.9. The van der Waals surface area contributed by atoms with E-state index in [0.717, 1.165) is 57.6 Å². The molecule has 0 radical (unpaired) electrons. The van der Waals surface area contributed by atoms with Gasteiger partial charge in [0.05, 0.1) is 12.6 Å². The number of hydrogen-bond acceptors (Lipinski definition) is 8. The van der Waals surface area contributed by atoms with Crippen molar-refractivity contribution in [3.05, 3.63) is 36.8 Å². The second kappa shape index (κ2) is 9.27. The molecule has 0 aromatic carbocycles. The van der Waals surface area contributed by atoms with Crippen LogP contribution in [0.1, 0.15) is 43.2 Å². The topological polar surface area (TPSA) is 111 Å². The molecule has 4 rings (SSSR count). The lowest BCUT2D eigenvalue weighted by Crippen LogP contribution is -2.41. The Morgan fingerprint density at radius 1 is 1.38 bits per heavy atom. The molecule has 2 aliphatic heterocycles. The van der Waals surface area contributed by atoms with Crippen molar-refractivity contribution < 1.29 is 13.9 Å². The first-order valence-corrected chi connectivity index (χ1v) is 10.1. The number of carbonyl (C=O) groups excluding carboxylic acids is 1. The minimum Gasteiger partial charge on any atom is -0.451 e. The molecule has 156 valence electrons. The highest BCUT2D eigenvalue weighted by molar-refractivity contribution is 5.87. The van der Waals surface area contributed by atoms with E-state index in [-0.39, 0.29) is 18.1 Å². The number of nitrogens with zero attached hydrogens (tertiary/aromatic N) is 6. The lowest BCUT2D eigenvalue weighted by molar-refractivity contribution is -0.127. The summed E-state index contributed by atoms with van der Waals surface area (Å²) in [7, 11) is 0. The number of nitrogens with one attached hydrogen (secondary N) is 1. The Bertz CT molecular complexity index is 793. The van der Waals surface area contributed by atoms with Crippen molar-refractivity contribution in [2.75, 3.05) is 26.2 Å². The summed E-state index contributed by atoms with van der Waals surface area (Å²) < 4.78 is 12.7.